The zero-order valence-corrected chi connectivity index (χ0v) is 13.5. The molecule has 116 valence electrons. The Kier molecular flexibility index (Phi) is 5.16. The molecule has 2 aromatic rings. The van der Waals surface area contributed by atoms with Crippen LogP contribution in [0, 0.1) is 13.8 Å². The molecule has 6 heteroatoms. The van der Waals surface area contributed by atoms with Crippen molar-refractivity contribution in [2.45, 2.75) is 13.8 Å². The second kappa shape index (κ2) is 7.09. The molecule has 0 atom stereocenters. The van der Waals surface area contributed by atoms with Crippen molar-refractivity contribution in [2.24, 2.45) is 0 Å². The van der Waals surface area contributed by atoms with Gasteiger partial charge in [-0.2, -0.15) is 0 Å². The van der Waals surface area contributed by atoms with Crippen LogP contribution in [0.4, 0.5) is 5.69 Å². The second-order valence-corrected chi connectivity index (χ2v) is 5.63. The highest BCUT2D eigenvalue weighted by Gasteiger charge is 2.16. The van der Waals surface area contributed by atoms with Gasteiger partial charge in [-0.25, -0.2) is 4.79 Å². The molecule has 22 heavy (non-hydrogen) atoms. The van der Waals surface area contributed by atoms with E-state index in [1.165, 1.54) is 18.4 Å². The van der Waals surface area contributed by atoms with Crippen molar-refractivity contribution in [3.8, 4) is 5.75 Å². The summed E-state index contributed by atoms with van der Waals surface area (Å²) in [7, 11) is 1.30. The number of nitrogens with one attached hydrogen (secondary N) is 1. The van der Waals surface area contributed by atoms with Gasteiger partial charge in [-0.3, -0.25) is 4.79 Å². The van der Waals surface area contributed by atoms with E-state index in [0.29, 0.717) is 16.3 Å². The van der Waals surface area contributed by atoms with Crippen LogP contribution in [0.25, 0.3) is 0 Å². The van der Waals surface area contributed by atoms with Crippen molar-refractivity contribution in [3.63, 3.8) is 0 Å². The lowest BCUT2D eigenvalue weighted by molar-refractivity contribution is -0.118. The molecule has 1 N–H and O–H groups in total. The Balaban J connectivity index is 2.00. The topological polar surface area (TPSA) is 64.6 Å². The Bertz CT molecular complexity index is 673. The fraction of sp³-hybridized carbons (Fsp3) is 0.250. The fourth-order valence-electron chi connectivity index (χ4n) is 2.01. The van der Waals surface area contributed by atoms with Crippen molar-refractivity contribution in [1.82, 2.24) is 0 Å². The number of aryl methyl sites for hydroxylation is 2. The molecule has 0 bridgehead atoms. The van der Waals surface area contributed by atoms with Gasteiger partial charge in [-0.1, -0.05) is 18.2 Å². The molecule has 1 aromatic carbocycles. The second-order valence-electron chi connectivity index (χ2n) is 4.71. The number of carbonyl (C=O) groups is 2. The molecule has 0 aliphatic heterocycles. The molecule has 5 nitrogen and oxygen atoms in total. The van der Waals surface area contributed by atoms with Gasteiger partial charge in [0.15, 0.2) is 6.61 Å². The molecule has 0 aliphatic rings. The van der Waals surface area contributed by atoms with Gasteiger partial charge >= 0.3 is 5.97 Å². The van der Waals surface area contributed by atoms with E-state index in [0.717, 1.165) is 11.1 Å². The van der Waals surface area contributed by atoms with Gasteiger partial charge in [0, 0.05) is 0 Å². The predicted molar refractivity (Wildman–Crippen MR) is 85.7 cm³/mol. The van der Waals surface area contributed by atoms with E-state index >= 15 is 0 Å². The Morgan fingerprint density at radius 2 is 1.86 bits per heavy atom. The standard InChI is InChI=1S/C16H17NO4S/c1-10-5-4-6-11(2)14(10)21-9-13(18)17-12-7-8-22-15(12)16(19)20-3/h4-8H,9H2,1-3H3,(H,17,18). The maximum atomic E-state index is 12.0. The highest BCUT2D eigenvalue weighted by molar-refractivity contribution is 7.12. The molecule has 1 amide bonds. The van der Waals surface area contributed by atoms with Gasteiger partial charge in [0.05, 0.1) is 12.8 Å². The smallest absolute Gasteiger partial charge is 0.350 e. The third-order valence-corrected chi connectivity index (χ3v) is 3.96. The average molecular weight is 319 g/mol. The SMILES string of the molecule is COC(=O)c1sccc1NC(=O)COc1c(C)cccc1C. The van der Waals surface area contributed by atoms with Crippen LogP contribution in [0.15, 0.2) is 29.6 Å². The van der Waals surface area contributed by atoms with Crippen molar-refractivity contribution in [3.05, 3.63) is 45.6 Å². The highest BCUT2D eigenvalue weighted by atomic mass is 32.1. The van der Waals surface area contributed by atoms with Gasteiger partial charge in [0.2, 0.25) is 0 Å². The van der Waals surface area contributed by atoms with Crippen molar-refractivity contribution < 1.29 is 19.1 Å². The molecular weight excluding hydrogens is 302 g/mol. The van der Waals surface area contributed by atoms with E-state index in [2.05, 4.69) is 10.1 Å². The lowest BCUT2D eigenvalue weighted by Gasteiger charge is -2.12. The summed E-state index contributed by atoms with van der Waals surface area (Å²) >= 11 is 1.21. The summed E-state index contributed by atoms with van der Waals surface area (Å²) < 4.78 is 10.2. The van der Waals surface area contributed by atoms with Crippen LogP contribution in [0.1, 0.15) is 20.8 Å². The Labute approximate surface area is 132 Å². The number of para-hydroxylation sites is 1. The zero-order chi connectivity index (χ0) is 16.1. The number of carbonyl (C=O) groups excluding carboxylic acids is 2. The van der Waals surface area contributed by atoms with Gasteiger partial charge < -0.3 is 14.8 Å². The van der Waals surface area contributed by atoms with Crippen LogP contribution in [0.2, 0.25) is 0 Å². The monoisotopic (exact) mass is 319 g/mol. The Hall–Kier alpha value is -2.34. The summed E-state index contributed by atoms with van der Waals surface area (Å²) in [5, 5.41) is 4.38. The maximum absolute atomic E-state index is 12.0. The number of ether oxygens (including phenoxy) is 2. The van der Waals surface area contributed by atoms with Gasteiger partial charge in [-0.05, 0) is 36.4 Å². The lowest BCUT2D eigenvalue weighted by Crippen LogP contribution is -2.21. The fourth-order valence-corrected chi connectivity index (χ4v) is 2.78. The van der Waals surface area contributed by atoms with Crippen molar-refractivity contribution in [1.29, 1.82) is 0 Å². The number of thiophene rings is 1. The first-order valence-electron chi connectivity index (χ1n) is 6.67. The number of rotatable bonds is 5. The molecular formula is C16H17NO4S. The number of methoxy groups -OCH3 is 1. The number of amides is 1. The molecule has 0 spiro atoms. The molecule has 2 rings (SSSR count). The van der Waals surface area contributed by atoms with E-state index < -0.39 is 5.97 Å². The van der Waals surface area contributed by atoms with E-state index in [-0.39, 0.29) is 12.5 Å². The van der Waals surface area contributed by atoms with Gasteiger partial charge in [-0.15, -0.1) is 11.3 Å². The van der Waals surface area contributed by atoms with Crippen LogP contribution in [0.3, 0.4) is 0 Å². The minimum Gasteiger partial charge on any atom is -0.483 e. The first kappa shape index (κ1) is 16.0. The van der Waals surface area contributed by atoms with Crippen LogP contribution in [-0.4, -0.2) is 25.6 Å². The zero-order valence-electron chi connectivity index (χ0n) is 12.6. The number of benzene rings is 1. The van der Waals surface area contributed by atoms with Crippen molar-refractivity contribution >= 4 is 28.9 Å². The quantitative estimate of drug-likeness (QED) is 0.860. The first-order chi connectivity index (χ1) is 10.5. The molecule has 0 fully saturated rings. The Morgan fingerprint density at radius 1 is 1.18 bits per heavy atom. The van der Waals surface area contributed by atoms with Crippen LogP contribution >= 0.6 is 11.3 Å². The third kappa shape index (κ3) is 3.65. The van der Waals surface area contributed by atoms with E-state index in [1.54, 1.807) is 11.4 Å². The van der Waals surface area contributed by atoms with Crippen LogP contribution in [0.5, 0.6) is 5.75 Å². The van der Waals surface area contributed by atoms with E-state index in [1.807, 2.05) is 32.0 Å². The molecule has 0 radical (unpaired) electrons. The number of anilines is 1. The van der Waals surface area contributed by atoms with Crippen LogP contribution in [-0.2, 0) is 9.53 Å². The summed E-state index contributed by atoms with van der Waals surface area (Å²) in [6.07, 6.45) is 0. The summed E-state index contributed by atoms with van der Waals surface area (Å²) in [6, 6.07) is 7.45. The minimum absolute atomic E-state index is 0.123. The first-order valence-corrected chi connectivity index (χ1v) is 7.55. The number of hydrogen-bond acceptors (Lipinski definition) is 5. The minimum atomic E-state index is -0.471. The number of hydrogen-bond donors (Lipinski definition) is 1. The largest absolute Gasteiger partial charge is 0.483 e. The number of esters is 1. The maximum Gasteiger partial charge on any atom is 0.350 e. The van der Waals surface area contributed by atoms with Gasteiger partial charge in [0.25, 0.3) is 5.91 Å². The molecule has 1 aromatic heterocycles. The van der Waals surface area contributed by atoms with E-state index in [9.17, 15) is 9.59 Å². The molecule has 0 saturated heterocycles. The van der Waals surface area contributed by atoms with Crippen LogP contribution < -0.4 is 10.1 Å². The molecule has 0 unspecified atom stereocenters. The normalized spacial score (nSPS) is 10.1. The van der Waals surface area contributed by atoms with Gasteiger partial charge in [0.1, 0.15) is 10.6 Å². The molecule has 1 heterocycles. The van der Waals surface area contributed by atoms with Crippen molar-refractivity contribution in [2.75, 3.05) is 19.0 Å². The summed E-state index contributed by atoms with van der Waals surface area (Å²) in [5.74, 6) is -0.0941. The third-order valence-electron chi connectivity index (χ3n) is 3.07. The highest BCUT2D eigenvalue weighted by Crippen LogP contribution is 2.24. The summed E-state index contributed by atoms with van der Waals surface area (Å²) in [5.41, 5.74) is 2.38. The lowest BCUT2D eigenvalue weighted by atomic mass is 10.1. The van der Waals surface area contributed by atoms with E-state index in [4.69, 9.17) is 4.74 Å². The Morgan fingerprint density at radius 3 is 2.50 bits per heavy atom. The average Bonchev–Trinajstić information content (AvgIpc) is 2.94. The predicted octanol–water partition coefficient (Wildman–Crippen LogP) is 3.17. The summed E-state index contributed by atoms with van der Waals surface area (Å²) in [4.78, 5) is 23.9. The molecule has 0 aliphatic carbocycles. The molecule has 0 saturated carbocycles. The summed E-state index contributed by atoms with van der Waals surface area (Å²) in [6.45, 7) is 3.73.